The molecule has 0 saturated carbocycles. The Labute approximate surface area is 223 Å². The van der Waals surface area contributed by atoms with Crippen LogP contribution in [-0.2, 0) is 0 Å². The molecule has 0 amide bonds. The highest BCUT2D eigenvalue weighted by Gasteiger charge is 2.29. The second kappa shape index (κ2) is 10.4. The molecule has 1 atom stereocenters. The number of anilines is 3. The number of H-pyrrole nitrogens is 1. The summed E-state index contributed by atoms with van der Waals surface area (Å²) in [5, 5.41) is 8.69. The van der Waals surface area contributed by atoms with Gasteiger partial charge in [-0.1, -0.05) is 0 Å². The molecule has 10 nitrogen and oxygen atoms in total. The highest BCUT2D eigenvalue weighted by atomic mass is 19.2. The molecule has 0 spiro atoms. The molecule has 5 aromatic rings. The number of nitrogens with one attached hydrogen (secondary N) is 2. The number of nitrogens with two attached hydrogens (primary N) is 1. The summed E-state index contributed by atoms with van der Waals surface area (Å²) in [6, 6.07) is 5.70. The first-order chi connectivity index (χ1) is 19.0. The Morgan fingerprint density at radius 3 is 2.69 bits per heavy atom. The summed E-state index contributed by atoms with van der Waals surface area (Å²) in [4.78, 5) is 22.9. The smallest absolute Gasteiger partial charge is 0.160 e. The molecule has 0 radical (unpaired) electrons. The lowest BCUT2D eigenvalue weighted by Crippen LogP contribution is -2.39. The van der Waals surface area contributed by atoms with E-state index in [1.807, 2.05) is 36.3 Å². The average Bonchev–Trinajstić information content (AvgIpc) is 3.63. The zero-order valence-corrected chi connectivity index (χ0v) is 21.4. The monoisotopic (exact) mass is 530 g/mol. The zero-order valence-electron chi connectivity index (χ0n) is 21.4. The largest absolute Gasteiger partial charge is 0.356 e. The van der Waals surface area contributed by atoms with Crippen LogP contribution in [0.25, 0.3) is 22.3 Å². The molecule has 39 heavy (non-hydrogen) atoms. The summed E-state index contributed by atoms with van der Waals surface area (Å²) in [5.74, 6) is -0.0874. The van der Waals surface area contributed by atoms with E-state index in [4.69, 9.17) is 5.73 Å². The van der Waals surface area contributed by atoms with Gasteiger partial charge >= 0.3 is 0 Å². The van der Waals surface area contributed by atoms with Crippen LogP contribution in [-0.4, -0.2) is 54.3 Å². The second-order valence-corrected chi connectivity index (χ2v) is 9.72. The molecule has 200 valence electrons. The Morgan fingerprint density at radius 1 is 1.08 bits per heavy atom. The van der Waals surface area contributed by atoms with Gasteiger partial charge in [-0.05, 0) is 43.9 Å². The molecule has 0 bridgehead atoms. The van der Waals surface area contributed by atoms with E-state index in [-0.39, 0.29) is 6.04 Å². The summed E-state index contributed by atoms with van der Waals surface area (Å²) in [6.45, 7) is 4.00. The lowest BCUT2D eigenvalue weighted by molar-refractivity contribution is 0.262. The topological polar surface area (TPSA) is 126 Å². The first kappa shape index (κ1) is 24.9. The van der Waals surface area contributed by atoms with Gasteiger partial charge in [-0.3, -0.25) is 4.68 Å². The predicted molar refractivity (Wildman–Crippen MR) is 145 cm³/mol. The van der Waals surface area contributed by atoms with Gasteiger partial charge in [0.05, 0.1) is 17.9 Å². The highest BCUT2D eigenvalue weighted by molar-refractivity contribution is 5.90. The van der Waals surface area contributed by atoms with Crippen molar-refractivity contribution in [2.45, 2.75) is 25.8 Å². The van der Waals surface area contributed by atoms with Crippen LogP contribution in [0.3, 0.4) is 0 Å². The summed E-state index contributed by atoms with van der Waals surface area (Å²) >= 11 is 0. The number of hydrogen-bond donors (Lipinski definition) is 3. The molecule has 1 unspecified atom stereocenters. The number of aromatic nitrogens is 7. The van der Waals surface area contributed by atoms with Gasteiger partial charge in [0.1, 0.15) is 29.9 Å². The molecule has 1 aromatic carbocycles. The number of benzene rings is 1. The van der Waals surface area contributed by atoms with Gasteiger partial charge in [0, 0.05) is 60.3 Å². The molecule has 5 heterocycles. The minimum Gasteiger partial charge on any atom is -0.356 e. The Bertz CT molecular complexity index is 1610. The summed E-state index contributed by atoms with van der Waals surface area (Å²) < 4.78 is 28.9. The van der Waals surface area contributed by atoms with Crippen molar-refractivity contribution >= 4 is 28.4 Å². The van der Waals surface area contributed by atoms with Crippen molar-refractivity contribution in [2.24, 2.45) is 11.7 Å². The lowest BCUT2D eigenvalue weighted by atomic mass is 9.89. The Hall–Kier alpha value is -4.45. The van der Waals surface area contributed by atoms with Crippen LogP contribution >= 0.6 is 0 Å². The van der Waals surface area contributed by atoms with Crippen molar-refractivity contribution < 1.29 is 8.78 Å². The number of piperidine rings is 1. The standard InChI is InChI=1S/C27H28F2N10/c1-16-25(37-19-2-3-21(28)22(29)10-19)33-15-35-27(16)38-8-5-17(6-9-38)23(11-30)39-13-18(12-36-39)24-20-4-7-31-26(20)34-14-32-24/h2-4,7,10,12-15,17,23H,5-6,8-9,11,30H2,1H3,(H,31,32,34)(H,33,35,37). The number of hydrogen-bond acceptors (Lipinski definition) is 8. The van der Waals surface area contributed by atoms with E-state index in [0.717, 1.165) is 71.7 Å². The number of aromatic amines is 1. The van der Waals surface area contributed by atoms with Gasteiger partial charge in [-0.2, -0.15) is 5.10 Å². The Balaban J connectivity index is 1.15. The van der Waals surface area contributed by atoms with Crippen LogP contribution in [0, 0.1) is 24.5 Å². The molecule has 1 fully saturated rings. The van der Waals surface area contributed by atoms with Crippen molar-refractivity contribution in [1.29, 1.82) is 0 Å². The predicted octanol–water partition coefficient (Wildman–Crippen LogP) is 4.36. The molecule has 1 saturated heterocycles. The number of halogens is 2. The van der Waals surface area contributed by atoms with Crippen molar-refractivity contribution in [3.8, 4) is 11.3 Å². The van der Waals surface area contributed by atoms with E-state index in [2.05, 4.69) is 40.2 Å². The molecule has 4 N–H and O–H groups in total. The SMILES string of the molecule is Cc1c(Nc2ccc(F)c(F)c2)ncnc1N1CCC(C(CN)n2cc(-c3ncnc4[nH]ccc34)cn2)CC1. The van der Waals surface area contributed by atoms with Crippen LogP contribution in [0.2, 0.25) is 0 Å². The molecular formula is C27H28F2N10. The molecule has 12 heteroatoms. The summed E-state index contributed by atoms with van der Waals surface area (Å²) in [5.41, 5.74) is 10.1. The number of nitrogens with zero attached hydrogens (tertiary/aromatic N) is 7. The third kappa shape index (κ3) is 4.78. The van der Waals surface area contributed by atoms with Gasteiger partial charge < -0.3 is 20.9 Å². The van der Waals surface area contributed by atoms with Crippen LogP contribution < -0.4 is 16.0 Å². The maximum absolute atomic E-state index is 13.7. The van der Waals surface area contributed by atoms with Crippen LogP contribution in [0.1, 0.15) is 24.4 Å². The van der Waals surface area contributed by atoms with Gasteiger partial charge in [0.2, 0.25) is 0 Å². The third-order valence-corrected chi connectivity index (χ3v) is 7.43. The van der Waals surface area contributed by atoms with E-state index in [9.17, 15) is 8.78 Å². The molecule has 0 aliphatic carbocycles. The fraction of sp³-hybridized carbons (Fsp3) is 0.296. The summed E-state index contributed by atoms with van der Waals surface area (Å²) in [6.07, 6.45) is 10.6. The molecule has 4 aromatic heterocycles. The van der Waals surface area contributed by atoms with E-state index < -0.39 is 11.6 Å². The molecule has 1 aliphatic heterocycles. The van der Waals surface area contributed by atoms with Crippen molar-refractivity contribution in [3.63, 3.8) is 0 Å². The highest BCUT2D eigenvalue weighted by Crippen LogP contribution is 2.33. The van der Waals surface area contributed by atoms with Crippen LogP contribution in [0.5, 0.6) is 0 Å². The number of rotatable bonds is 7. The zero-order chi connectivity index (χ0) is 26.9. The average molecular weight is 531 g/mol. The molecule has 1 aliphatic rings. The van der Waals surface area contributed by atoms with Crippen molar-refractivity contribution in [3.05, 3.63) is 72.7 Å². The van der Waals surface area contributed by atoms with Gasteiger partial charge in [0.15, 0.2) is 11.6 Å². The van der Waals surface area contributed by atoms with Gasteiger partial charge in [-0.25, -0.2) is 28.7 Å². The van der Waals surface area contributed by atoms with Crippen molar-refractivity contribution in [1.82, 2.24) is 34.7 Å². The molecular weight excluding hydrogens is 502 g/mol. The van der Waals surface area contributed by atoms with Gasteiger partial charge in [0.25, 0.3) is 0 Å². The van der Waals surface area contributed by atoms with Crippen LogP contribution in [0.4, 0.5) is 26.1 Å². The van der Waals surface area contributed by atoms with E-state index in [0.29, 0.717) is 24.0 Å². The molecule has 6 rings (SSSR count). The Morgan fingerprint density at radius 2 is 1.90 bits per heavy atom. The van der Waals surface area contributed by atoms with Crippen molar-refractivity contribution in [2.75, 3.05) is 29.9 Å². The fourth-order valence-corrected chi connectivity index (χ4v) is 5.35. The quantitative estimate of drug-likeness (QED) is 0.283. The minimum atomic E-state index is -0.914. The minimum absolute atomic E-state index is 0.0570. The Kier molecular flexibility index (Phi) is 6.61. The van der Waals surface area contributed by atoms with E-state index in [1.165, 1.54) is 12.4 Å². The van der Waals surface area contributed by atoms with E-state index >= 15 is 0 Å². The second-order valence-electron chi connectivity index (χ2n) is 9.72. The first-order valence-corrected chi connectivity index (χ1v) is 12.8. The lowest BCUT2D eigenvalue weighted by Gasteiger charge is -2.37. The fourth-order valence-electron chi connectivity index (χ4n) is 5.35. The third-order valence-electron chi connectivity index (χ3n) is 7.43. The maximum Gasteiger partial charge on any atom is 0.160 e. The maximum atomic E-state index is 13.7. The van der Waals surface area contributed by atoms with Crippen LogP contribution in [0.15, 0.2) is 55.5 Å². The normalized spacial score (nSPS) is 15.1. The van der Waals surface area contributed by atoms with E-state index in [1.54, 1.807) is 6.33 Å². The first-order valence-electron chi connectivity index (χ1n) is 12.8. The van der Waals surface area contributed by atoms with Gasteiger partial charge in [-0.15, -0.1) is 0 Å². The number of fused-ring (bicyclic) bond motifs is 1. The summed E-state index contributed by atoms with van der Waals surface area (Å²) in [7, 11) is 0.